The van der Waals surface area contributed by atoms with Crippen molar-refractivity contribution in [2.45, 2.75) is 384 Å². The van der Waals surface area contributed by atoms with E-state index < -0.39 is 458 Å². The molecule has 11 fully saturated rings. The molecule has 0 saturated carbocycles. The molecule has 0 aromatic carbocycles. The summed E-state index contributed by atoms with van der Waals surface area (Å²) in [6.45, 7) is -8.21. The van der Waals surface area contributed by atoms with Gasteiger partial charge in [-0.05, 0) is 0 Å². The Bertz CT molecular complexity index is 4030. The normalized spacial score (nSPS) is 47.8. The maximum atomic E-state index is 13.1. The summed E-state index contributed by atoms with van der Waals surface area (Å²) in [4.78, 5) is 77.2. The summed E-state index contributed by atoms with van der Waals surface area (Å²) in [5.74, 6) is -9.90. The molecule has 11 heterocycles. The van der Waals surface area contributed by atoms with E-state index in [4.69, 9.17) is 99.5 Å². The van der Waals surface area contributed by atoms with E-state index in [1.165, 1.54) is 0 Å². The van der Waals surface area contributed by atoms with Crippen molar-refractivity contribution in [2.24, 2.45) is 0 Å². The molecule has 0 aromatic heterocycles. The fourth-order valence-electron chi connectivity index (χ4n) is 18.6. The number of amides is 5. The molecule has 11 aliphatic rings. The Morgan fingerprint density at radius 1 is 0.280 bits per heavy atom. The molecule has 0 aliphatic carbocycles. The van der Waals surface area contributed by atoms with Crippen LogP contribution in [-0.2, 0) is 128 Å². The Kier molecular flexibility index (Phi) is 42.3. The third kappa shape index (κ3) is 26.0. The highest BCUT2D eigenvalue weighted by Crippen LogP contribution is 2.43. The van der Waals surface area contributed by atoms with Crippen LogP contribution >= 0.6 is 0 Å². The van der Waals surface area contributed by atoms with Gasteiger partial charge in [-0.3, -0.25) is 24.0 Å². The fourth-order valence-corrected chi connectivity index (χ4v) is 18.6. The number of rotatable bonds is 39. The molecule has 56 atom stereocenters. The standard InChI is InChI=1S/C79H131N5O59/c1-18(95)80-35-23(100)6-79(78(121)122,143-63(35)40(102)24(101)7-85)123-17-34-41(103)50(112)53(115)73(133-34)134-58-30(13-91)129-69(36(46(58)108)81-19(2)96)139-64-42(104)25(8-86)125-74(54(64)116)135-59-31(14-92)130-70(37(47(59)109)82-20(3)97)140-65-43(105)26(9-87)126-75(55(65)117)136-60-32(15-93)131-71(38(48(60)110)83-21(4)98)141-66-44(106)27(10-88)127-76(56(66)118)137-61-33(16-94)132-72(39(49(61)111)84-22(5)99)142-67-45(107)28(11-89)128-77(57(67)119)138-62-29(12-90)124-68(120)52(114)51(62)113/h23-77,85-94,100-120H,6-17H2,1-5H3,(H,80,95)(H,81,96)(H,82,97)(H,83,98)(H,84,99)(H,121,122)/t23-,24+,25+,26+,27+,28+,29+,30+,31+,32+,33+,34+,35+,36+,37+,38+,39+,40+,41-,42-,43-,44-,45-,46+,47+,48+,49+,50-,51+,52+,53+,54+,55+,56+,57+,58+,59+,60+,61+,62+,63+,64-,65-,66-,67-,68+,69-,70-,71-,72-,73-,74-,75-,76-,77-,79+/m0/s1. The van der Waals surface area contributed by atoms with Crippen molar-refractivity contribution in [3.8, 4) is 0 Å². The molecule has 64 heteroatoms. The molecule has 143 heavy (non-hydrogen) atoms. The molecule has 64 nitrogen and oxygen atoms in total. The smallest absolute Gasteiger partial charge is 0.364 e. The number of carbonyl (C=O) groups is 6. The molecule has 0 aromatic rings. The zero-order valence-electron chi connectivity index (χ0n) is 76.6. The van der Waals surface area contributed by atoms with Crippen LogP contribution in [0.2, 0.25) is 0 Å². The van der Waals surface area contributed by atoms with Gasteiger partial charge in [-0.2, -0.15) is 0 Å². The van der Waals surface area contributed by atoms with Crippen molar-refractivity contribution in [1.29, 1.82) is 0 Å². The van der Waals surface area contributed by atoms with Gasteiger partial charge in [-0.15, -0.1) is 0 Å². The molecule has 0 unspecified atom stereocenters. The van der Waals surface area contributed by atoms with Gasteiger partial charge in [0.1, 0.15) is 262 Å². The van der Waals surface area contributed by atoms with E-state index in [2.05, 4.69) is 26.6 Å². The Balaban J connectivity index is 0.757. The number of nitrogens with one attached hydrogen (secondary N) is 5. The Labute approximate surface area is 808 Å². The van der Waals surface area contributed by atoms with Crippen LogP contribution in [0, 0.1) is 0 Å². The van der Waals surface area contributed by atoms with Gasteiger partial charge in [0, 0.05) is 41.0 Å². The van der Waals surface area contributed by atoms with Crippen LogP contribution in [0.25, 0.3) is 0 Å². The lowest BCUT2D eigenvalue weighted by Gasteiger charge is -2.51. The third-order valence-corrected chi connectivity index (χ3v) is 26.0. The van der Waals surface area contributed by atoms with Crippen LogP contribution in [0.5, 0.6) is 0 Å². The molecule has 826 valence electrons. The molecule has 0 spiro atoms. The van der Waals surface area contributed by atoms with Crippen LogP contribution < -0.4 is 26.6 Å². The molecule has 11 rings (SSSR count). The first-order chi connectivity index (χ1) is 67.5. The monoisotopic (exact) mass is 2090 g/mol. The predicted molar refractivity (Wildman–Crippen MR) is 438 cm³/mol. The fraction of sp³-hybridized carbons (Fsp3) is 0.924. The first-order valence-corrected chi connectivity index (χ1v) is 45.3. The highest BCUT2D eigenvalue weighted by molar-refractivity contribution is 5.77. The summed E-state index contributed by atoms with van der Waals surface area (Å²) in [7, 11) is 0. The van der Waals surface area contributed by atoms with E-state index >= 15 is 0 Å². The number of aliphatic hydroxyl groups is 31. The average molecular weight is 2090 g/mol. The van der Waals surface area contributed by atoms with Gasteiger partial charge in [0.15, 0.2) is 62.9 Å². The van der Waals surface area contributed by atoms with Gasteiger partial charge in [0.05, 0.1) is 84.8 Å². The Hall–Kier alpha value is -5.26. The molecule has 37 N–H and O–H groups in total. The maximum Gasteiger partial charge on any atom is 0.364 e. The summed E-state index contributed by atoms with van der Waals surface area (Å²) in [5.41, 5.74) is 0. The van der Waals surface area contributed by atoms with Gasteiger partial charge < -0.3 is 289 Å². The summed E-state index contributed by atoms with van der Waals surface area (Å²) in [6.07, 6.45) is -108. The van der Waals surface area contributed by atoms with Crippen LogP contribution in [0.4, 0.5) is 0 Å². The number of aliphatic hydroxyl groups excluding tert-OH is 31. The van der Waals surface area contributed by atoms with E-state index in [1.54, 1.807) is 0 Å². The van der Waals surface area contributed by atoms with Crippen molar-refractivity contribution in [1.82, 2.24) is 26.6 Å². The maximum absolute atomic E-state index is 13.1. The number of carbonyl (C=O) groups excluding carboxylic acids is 5. The second-order valence-electron chi connectivity index (χ2n) is 35.9. The average Bonchev–Trinajstić information content (AvgIpc) is 0.762. The number of hydrogen-bond acceptors (Lipinski definition) is 58. The lowest BCUT2D eigenvalue weighted by molar-refractivity contribution is -0.391. The van der Waals surface area contributed by atoms with Crippen molar-refractivity contribution >= 4 is 35.5 Å². The van der Waals surface area contributed by atoms with Crippen molar-refractivity contribution in [3.63, 3.8) is 0 Å². The van der Waals surface area contributed by atoms with E-state index in [1.807, 2.05) is 0 Å². The minimum atomic E-state index is -3.07. The predicted octanol–water partition coefficient (Wildman–Crippen LogP) is -25.1. The SMILES string of the molecule is CC(=O)N[C@H]1[C@H](O[C@H]2[C@@H](O)[C@@H](CO)O[C@@H](O[C@H]3[C@H](O)[C@@H](NC(C)=O)[C@H](O[C@H]4[C@@H](O)[C@@H](CO)O[C@@H](O[C@H]5[C@H](O)[C@@H](NC(C)=O)[C@H](O[C@H]6[C@@H](O)[C@@H](CO)O[C@@H](O[C@H]7[C@H](O)[C@@H](NC(C)=O)[C@H](O[C@H]8[C@@H](O)[C@@H](CO)O[C@@H](O[C@H]9[C@H](O)[C@@H](O)[C@H](O)O[C@@H]9CO)[C@@H]8O)O[C@@H]7CO)[C@@H]6O)O[C@@H]5CO)[C@@H]4O)O[C@@H]3CO)[C@@H]2O)O[C@H](CO)[C@@H](O[C@@H]2O[C@H](CO[C@]3(C(=O)O)C[C@H](O)[C@@H](NC(C)=O)[C@H]([C@H](O)[C@H](O)CO)O3)[C@H](O)[C@H](O)[C@H]2O)[C@@H]1O. The van der Waals surface area contributed by atoms with Crippen LogP contribution in [-0.4, -0.2) is 615 Å². The minimum Gasteiger partial charge on any atom is -0.477 e. The summed E-state index contributed by atoms with van der Waals surface area (Å²) in [5, 5.41) is 368. The number of carboxylic acids is 1. The largest absolute Gasteiger partial charge is 0.477 e. The van der Waals surface area contributed by atoms with E-state index in [0.29, 0.717) is 0 Å². The lowest BCUT2D eigenvalue weighted by Crippen LogP contribution is -2.71. The van der Waals surface area contributed by atoms with E-state index in [0.717, 1.165) is 34.6 Å². The molecular formula is C79H131N5O59. The van der Waals surface area contributed by atoms with Crippen LogP contribution in [0.15, 0.2) is 0 Å². The zero-order chi connectivity index (χ0) is 106. The molecule has 0 bridgehead atoms. The van der Waals surface area contributed by atoms with E-state index in [9.17, 15) is 192 Å². The van der Waals surface area contributed by atoms with E-state index in [-0.39, 0.29) is 0 Å². The van der Waals surface area contributed by atoms with Crippen molar-refractivity contribution < 1.29 is 292 Å². The van der Waals surface area contributed by atoms with Gasteiger partial charge >= 0.3 is 5.97 Å². The van der Waals surface area contributed by atoms with Crippen molar-refractivity contribution in [2.75, 3.05) is 72.7 Å². The van der Waals surface area contributed by atoms with Crippen LogP contribution in [0.1, 0.15) is 41.0 Å². The molecule has 0 radical (unpaired) electrons. The summed E-state index contributed by atoms with van der Waals surface area (Å²) in [6, 6.07) is -9.64. The van der Waals surface area contributed by atoms with Gasteiger partial charge in [-0.25, -0.2) is 4.79 Å². The third-order valence-electron chi connectivity index (χ3n) is 26.0. The zero-order valence-corrected chi connectivity index (χ0v) is 76.6. The first-order valence-electron chi connectivity index (χ1n) is 45.3. The lowest BCUT2D eigenvalue weighted by atomic mass is 9.88. The molecular weight excluding hydrogens is 1960 g/mol. The number of ether oxygens (including phenoxy) is 21. The number of aliphatic carboxylic acids is 1. The second-order valence-corrected chi connectivity index (χ2v) is 35.9. The van der Waals surface area contributed by atoms with Crippen molar-refractivity contribution in [3.05, 3.63) is 0 Å². The topological polar surface area (TPSA) is 1000 Å². The molecule has 11 aliphatic heterocycles. The Morgan fingerprint density at radius 2 is 0.524 bits per heavy atom. The quantitative estimate of drug-likeness (QED) is 0.0272. The Morgan fingerprint density at radius 3 is 0.790 bits per heavy atom. The summed E-state index contributed by atoms with van der Waals surface area (Å²) >= 11 is 0. The minimum absolute atomic E-state index is 0.837. The molecule has 5 amide bonds. The van der Waals surface area contributed by atoms with Gasteiger partial charge in [0.25, 0.3) is 5.79 Å². The molecule has 11 saturated heterocycles. The summed E-state index contributed by atoms with van der Waals surface area (Å²) < 4.78 is 123. The number of hydrogen-bond donors (Lipinski definition) is 37. The van der Waals surface area contributed by atoms with Gasteiger partial charge in [-0.1, -0.05) is 0 Å². The van der Waals surface area contributed by atoms with Crippen LogP contribution in [0.3, 0.4) is 0 Å². The second kappa shape index (κ2) is 51.2. The van der Waals surface area contributed by atoms with Gasteiger partial charge in [0.2, 0.25) is 29.5 Å². The highest BCUT2D eigenvalue weighted by atomic mass is 16.8. The first kappa shape index (κ1) is 118. The highest BCUT2D eigenvalue weighted by Gasteiger charge is 2.64. The number of carboxylic acid groups (broad SMARTS) is 1.